The number of hydrogen-bond donors (Lipinski definition) is 0. The van der Waals surface area contributed by atoms with Crippen molar-refractivity contribution in [3.63, 3.8) is 0 Å². The van der Waals surface area contributed by atoms with Crippen LogP contribution in [0, 0.1) is 23.0 Å². The number of halogens is 3. The van der Waals surface area contributed by atoms with Crippen molar-refractivity contribution in [2.45, 2.75) is 120 Å². The largest absolute Gasteiger partial charge is 0.370 e. The molecule has 11 rings (SSSR count). The summed E-state index contributed by atoms with van der Waals surface area (Å²) in [6.07, 6.45) is 15.8. The minimum Gasteiger partial charge on any atom is -0.370 e. The molecule has 0 bridgehead atoms. The van der Waals surface area contributed by atoms with E-state index in [1.54, 1.807) is 0 Å². The maximum Gasteiger partial charge on any atom is 0.281 e. The van der Waals surface area contributed by atoms with Crippen LogP contribution in [0.25, 0.3) is 16.6 Å². The van der Waals surface area contributed by atoms with Crippen LogP contribution < -0.4 is 15.4 Å². The van der Waals surface area contributed by atoms with E-state index in [2.05, 4.69) is 54.6 Å². The van der Waals surface area contributed by atoms with Gasteiger partial charge in [0.25, 0.3) is 5.56 Å². The number of amides is 2. The van der Waals surface area contributed by atoms with E-state index < -0.39 is 29.1 Å². The van der Waals surface area contributed by atoms with E-state index in [4.69, 9.17) is 4.98 Å². The standard InChI is InChI=1S/C50H57BrF2N6O3/c51-38-6-4-7-41-45(38)47(62)54-48-50(18-2-1-3-19-50)37-11-10-34(26-42(37)58(41)48)33-14-24-56(25-15-33)35-16-22-55(23-17-35)29-32-12-20-49(21-13-32)30-57(31-49)36-27-39(52)46(40(53)28-36)59-43(60)8-5-9-44(59)61/h4,6-7,10-11,26-28,32-33,35H,1-3,5,8-9,12-25,29-31H2. The SMILES string of the molecule is O=C1CCCC(=O)N1c1c(F)cc(N2CC3(CCC(CN4CCC(N5CCC(c6ccc7c(c6)-n6c(nc(=O)c8c(Br)cccc86)C76CCCCC6)CC5)CC4)CC3)C2)cc1F. The van der Waals surface area contributed by atoms with Gasteiger partial charge in [0.05, 0.1) is 22.0 Å². The van der Waals surface area contributed by atoms with Crippen LogP contribution >= 0.6 is 15.9 Å². The first-order valence-electron chi connectivity index (χ1n) is 23.5. The monoisotopic (exact) mass is 906 g/mol. The number of anilines is 2. The van der Waals surface area contributed by atoms with Crippen molar-refractivity contribution in [2.24, 2.45) is 11.3 Å². The summed E-state index contributed by atoms with van der Waals surface area (Å²) in [5.74, 6) is -0.614. The van der Waals surface area contributed by atoms with Gasteiger partial charge in [0.2, 0.25) is 11.8 Å². The van der Waals surface area contributed by atoms with Crippen LogP contribution in [0.4, 0.5) is 20.2 Å². The van der Waals surface area contributed by atoms with Crippen LogP contribution in [0.3, 0.4) is 0 Å². The molecule has 326 valence electrons. The number of likely N-dealkylation sites (tertiary alicyclic amines) is 2. The van der Waals surface area contributed by atoms with E-state index in [-0.39, 0.29) is 29.2 Å². The lowest BCUT2D eigenvalue weighted by Gasteiger charge is -2.55. The van der Waals surface area contributed by atoms with Gasteiger partial charge < -0.3 is 14.7 Å². The smallest absolute Gasteiger partial charge is 0.281 e. The Bertz CT molecular complexity index is 2450. The first kappa shape index (κ1) is 40.8. The van der Waals surface area contributed by atoms with Gasteiger partial charge in [-0.1, -0.05) is 37.5 Å². The molecule has 0 unspecified atom stereocenters. The summed E-state index contributed by atoms with van der Waals surface area (Å²) < 4.78 is 33.6. The molecule has 6 fully saturated rings. The molecule has 3 aromatic carbocycles. The van der Waals surface area contributed by atoms with Crippen molar-refractivity contribution in [3.8, 4) is 5.69 Å². The van der Waals surface area contributed by atoms with Crippen LogP contribution in [-0.4, -0.2) is 83.0 Å². The number of imide groups is 1. The molecular weight excluding hydrogens is 850 g/mol. The molecule has 1 aromatic heterocycles. The maximum absolute atomic E-state index is 15.2. The Hall–Kier alpha value is -4.00. The Morgan fingerprint density at radius 2 is 1.45 bits per heavy atom. The summed E-state index contributed by atoms with van der Waals surface area (Å²) in [4.78, 5) is 51.3. The third-order valence-corrected chi connectivity index (χ3v) is 17.1. The van der Waals surface area contributed by atoms with Crippen LogP contribution in [0.1, 0.15) is 126 Å². The van der Waals surface area contributed by atoms with Crippen LogP contribution in [0.5, 0.6) is 0 Å². The zero-order chi connectivity index (χ0) is 42.3. The van der Waals surface area contributed by atoms with Gasteiger partial charge in [0.15, 0.2) is 11.6 Å². The Kier molecular flexibility index (Phi) is 10.5. The van der Waals surface area contributed by atoms with Gasteiger partial charge in [-0.25, -0.2) is 13.7 Å². The van der Waals surface area contributed by atoms with Crippen LogP contribution in [0.2, 0.25) is 0 Å². The van der Waals surface area contributed by atoms with E-state index in [1.807, 2.05) is 17.0 Å². The lowest BCUT2D eigenvalue weighted by Crippen LogP contribution is -2.58. The summed E-state index contributed by atoms with van der Waals surface area (Å²) >= 11 is 3.66. The quantitative estimate of drug-likeness (QED) is 0.179. The number of rotatable bonds is 6. The number of carbonyl (C=O) groups excluding carboxylic acids is 2. The van der Waals surface area contributed by atoms with E-state index in [0.29, 0.717) is 40.3 Å². The molecule has 7 aliphatic rings. The van der Waals surface area contributed by atoms with E-state index in [9.17, 15) is 14.4 Å². The fourth-order valence-corrected chi connectivity index (χ4v) is 13.6. The molecule has 0 atom stereocenters. The van der Waals surface area contributed by atoms with Crippen molar-refractivity contribution >= 4 is 50.0 Å². The van der Waals surface area contributed by atoms with Crippen molar-refractivity contribution < 1.29 is 18.4 Å². The summed E-state index contributed by atoms with van der Waals surface area (Å²) in [6.45, 7) is 7.34. The first-order valence-corrected chi connectivity index (χ1v) is 24.3. The first-order chi connectivity index (χ1) is 30.1. The Labute approximate surface area is 371 Å². The molecule has 5 aliphatic heterocycles. The summed E-state index contributed by atoms with van der Waals surface area (Å²) in [5, 5.41) is 0.668. The summed E-state index contributed by atoms with van der Waals surface area (Å²) in [5.41, 5.74) is 4.82. The highest BCUT2D eigenvalue weighted by atomic mass is 79.9. The lowest BCUT2D eigenvalue weighted by molar-refractivity contribution is -0.129. The lowest BCUT2D eigenvalue weighted by atomic mass is 9.65. The maximum atomic E-state index is 15.2. The number of piperidine rings is 3. The topological polar surface area (TPSA) is 82.0 Å². The molecule has 4 aromatic rings. The number of benzene rings is 3. The van der Waals surface area contributed by atoms with Gasteiger partial charge >= 0.3 is 0 Å². The molecule has 2 spiro atoms. The predicted molar refractivity (Wildman–Crippen MR) is 241 cm³/mol. The van der Waals surface area contributed by atoms with Crippen molar-refractivity contribution in [2.75, 3.05) is 55.6 Å². The number of hydrogen-bond acceptors (Lipinski definition) is 7. The fraction of sp³-hybridized carbons (Fsp3) is 0.560. The Morgan fingerprint density at radius 1 is 0.758 bits per heavy atom. The number of nitrogens with zero attached hydrogens (tertiary/aromatic N) is 6. The average molecular weight is 908 g/mol. The normalized spacial score (nSPS) is 23.7. The third-order valence-electron chi connectivity index (χ3n) is 16.5. The van der Waals surface area contributed by atoms with Gasteiger partial charge in [0.1, 0.15) is 11.5 Å². The second-order valence-corrected chi connectivity index (χ2v) is 20.9. The molecular formula is C50H57BrF2N6O3. The number of fused-ring (bicyclic) bond motifs is 7. The van der Waals surface area contributed by atoms with Gasteiger partial charge in [-0.05, 0) is 166 Å². The minimum absolute atomic E-state index is 0.122. The van der Waals surface area contributed by atoms with E-state index in [1.165, 1.54) is 80.4 Å². The molecule has 0 N–H and O–H groups in total. The summed E-state index contributed by atoms with van der Waals surface area (Å²) in [7, 11) is 0. The third kappa shape index (κ3) is 6.87. The highest BCUT2D eigenvalue weighted by molar-refractivity contribution is 9.10. The predicted octanol–water partition coefficient (Wildman–Crippen LogP) is 9.37. The highest BCUT2D eigenvalue weighted by Gasteiger charge is 2.48. The number of carbonyl (C=O) groups is 2. The number of aromatic nitrogens is 2. The minimum atomic E-state index is -0.850. The van der Waals surface area contributed by atoms with Crippen molar-refractivity contribution in [1.29, 1.82) is 0 Å². The Balaban J connectivity index is 0.671. The molecule has 2 amide bonds. The van der Waals surface area contributed by atoms with Gasteiger partial charge in [-0.15, -0.1) is 0 Å². The fourth-order valence-electron chi connectivity index (χ4n) is 13.1. The zero-order valence-corrected chi connectivity index (χ0v) is 37.2. The molecule has 0 radical (unpaired) electrons. The molecule has 4 saturated heterocycles. The van der Waals surface area contributed by atoms with Crippen LogP contribution in [-0.2, 0) is 15.0 Å². The van der Waals surface area contributed by atoms with Crippen molar-refractivity contribution in [3.05, 3.63) is 91.9 Å². The second-order valence-electron chi connectivity index (χ2n) is 20.0. The molecule has 9 nitrogen and oxygen atoms in total. The average Bonchev–Trinajstić information content (AvgIpc) is 3.51. The molecule has 2 saturated carbocycles. The molecule has 2 aliphatic carbocycles. The second kappa shape index (κ2) is 15.9. The molecule has 62 heavy (non-hydrogen) atoms. The summed E-state index contributed by atoms with van der Waals surface area (Å²) in [6, 6.07) is 16.6. The van der Waals surface area contributed by atoms with Gasteiger partial charge in [-0.3, -0.25) is 19.0 Å². The van der Waals surface area contributed by atoms with E-state index in [0.717, 1.165) is 93.6 Å². The highest BCUT2D eigenvalue weighted by Crippen LogP contribution is 2.53. The van der Waals surface area contributed by atoms with Crippen LogP contribution in [0.15, 0.2) is 57.8 Å². The van der Waals surface area contributed by atoms with Gasteiger partial charge in [-0.2, -0.15) is 4.98 Å². The van der Waals surface area contributed by atoms with Crippen molar-refractivity contribution in [1.82, 2.24) is 19.4 Å². The Morgan fingerprint density at radius 3 is 2.15 bits per heavy atom. The van der Waals surface area contributed by atoms with E-state index >= 15 is 8.78 Å². The molecule has 6 heterocycles. The molecule has 12 heteroatoms. The zero-order valence-electron chi connectivity index (χ0n) is 35.7. The van der Waals surface area contributed by atoms with Gasteiger partial charge in [0, 0.05) is 54.1 Å².